The SMILES string of the molecule is N#Cc1ccc(Br)c(-c2cc(N)n[nH]2)c1. The summed E-state index contributed by atoms with van der Waals surface area (Å²) < 4.78 is 0.894. The van der Waals surface area contributed by atoms with Crippen molar-refractivity contribution in [3.63, 3.8) is 0 Å². The molecule has 0 amide bonds. The molecule has 1 heterocycles. The molecule has 5 heteroatoms. The Morgan fingerprint density at radius 1 is 1.40 bits per heavy atom. The Morgan fingerprint density at radius 3 is 2.80 bits per heavy atom. The smallest absolute Gasteiger partial charge is 0.145 e. The van der Waals surface area contributed by atoms with E-state index in [1.54, 1.807) is 18.2 Å². The molecule has 0 atom stereocenters. The Balaban J connectivity index is 2.57. The second-order valence-electron chi connectivity index (χ2n) is 3.01. The summed E-state index contributed by atoms with van der Waals surface area (Å²) in [6.07, 6.45) is 0. The Morgan fingerprint density at radius 2 is 2.20 bits per heavy atom. The highest BCUT2D eigenvalue weighted by atomic mass is 79.9. The number of rotatable bonds is 1. The van der Waals surface area contributed by atoms with E-state index in [0.717, 1.165) is 15.7 Å². The van der Waals surface area contributed by atoms with Gasteiger partial charge in [0.15, 0.2) is 0 Å². The van der Waals surface area contributed by atoms with Gasteiger partial charge in [-0.25, -0.2) is 0 Å². The molecule has 0 saturated carbocycles. The first-order valence-electron chi connectivity index (χ1n) is 4.21. The molecule has 0 unspecified atom stereocenters. The molecule has 15 heavy (non-hydrogen) atoms. The van der Waals surface area contributed by atoms with Crippen molar-refractivity contribution in [3.05, 3.63) is 34.3 Å². The van der Waals surface area contributed by atoms with Crippen LogP contribution in [0, 0.1) is 11.3 Å². The van der Waals surface area contributed by atoms with E-state index >= 15 is 0 Å². The van der Waals surface area contributed by atoms with Crippen LogP contribution in [0.4, 0.5) is 5.82 Å². The third-order valence-corrected chi connectivity index (χ3v) is 2.67. The quantitative estimate of drug-likeness (QED) is 0.828. The molecule has 74 valence electrons. The summed E-state index contributed by atoms with van der Waals surface area (Å²) in [5.41, 5.74) is 7.77. The van der Waals surface area contributed by atoms with Gasteiger partial charge < -0.3 is 5.73 Å². The maximum absolute atomic E-state index is 8.79. The number of aromatic nitrogens is 2. The third-order valence-electron chi connectivity index (χ3n) is 1.98. The normalized spacial score (nSPS) is 9.87. The number of hydrogen-bond acceptors (Lipinski definition) is 3. The molecule has 1 aromatic carbocycles. The second-order valence-corrected chi connectivity index (χ2v) is 3.87. The minimum Gasteiger partial charge on any atom is -0.382 e. The average Bonchev–Trinajstić information content (AvgIpc) is 2.65. The molecule has 0 aliphatic carbocycles. The van der Waals surface area contributed by atoms with Gasteiger partial charge in [-0.05, 0) is 18.2 Å². The maximum Gasteiger partial charge on any atom is 0.145 e. The average molecular weight is 263 g/mol. The fourth-order valence-corrected chi connectivity index (χ4v) is 1.74. The summed E-state index contributed by atoms with van der Waals surface area (Å²) in [5.74, 6) is 0.430. The highest BCUT2D eigenvalue weighted by molar-refractivity contribution is 9.10. The monoisotopic (exact) mass is 262 g/mol. The Bertz CT molecular complexity index is 539. The lowest BCUT2D eigenvalue weighted by Gasteiger charge is -2.01. The molecule has 0 bridgehead atoms. The molecule has 0 saturated heterocycles. The van der Waals surface area contributed by atoms with Crippen LogP contribution in [0.3, 0.4) is 0 Å². The van der Waals surface area contributed by atoms with Gasteiger partial charge >= 0.3 is 0 Å². The first-order chi connectivity index (χ1) is 7.20. The van der Waals surface area contributed by atoms with Gasteiger partial charge in [-0.3, -0.25) is 5.10 Å². The highest BCUT2D eigenvalue weighted by Crippen LogP contribution is 2.28. The zero-order chi connectivity index (χ0) is 10.8. The van der Waals surface area contributed by atoms with Gasteiger partial charge in [-0.2, -0.15) is 10.4 Å². The number of nitrogens with two attached hydrogens (primary N) is 1. The maximum atomic E-state index is 8.79. The second kappa shape index (κ2) is 3.75. The van der Waals surface area contributed by atoms with Crippen LogP contribution >= 0.6 is 15.9 Å². The summed E-state index contributed by atoms with van der Waals surface area (Å²) in [5, 5.41) is 15.4. The van der Waals surface area contributed by atoms with E-state index in [1.807, 2.05) is 6.07 Å². The van der Waals surface area contributed by atoms with Crippen LogP contribution in [0.1, 0.15) is 5.56 Å². The number of hydrogen-bond donors (Lipinski definition) is 2. The summed E-state index contributed by atoms with van der Waals surface area (Å²) in [6, 6.07) is 9.15. The van der Waals surface area contributed by atoms with Crippen LogP contribution in [0.15, 0.2) is 28.7 Å². The van der Waals surface area contributed by atoms with Crippen LogP contribution in [-0.4, -0.2) is 10.2 Å². The molecule has 0 fully saturated rings. The molecule has 0 radical (unpaired) electrons. The molecule has 2 aromatic rings. The van der Waals surface area contributed by atoms with Crippen molar-refractivity contribution in [2.75, 3.05) is 5.73 Å². The number of benzene rings is 1. The Hall–Kier alpha value is -1.80. The van der Waals surface area contributed by atoms with E-state index in [1.165, 1.54) is 0 Å². The first-order valence-corrected chi connectivity index (χ1v) is 5.01. The van der Waals surface area contributed by atoms with Crippen LogP contribution in [0.5, 0.6) is 0 Å². The number of halogens is 1. The van der Waals surface area contributed by atoms with E-state index in [0.29, 0.717) is 11.4 Å². The van der Waals surface area contributed by atoms with E-state index in [2.05, 4.69) is 32.2 Å². The predicted molar refractivity (Wildman–Crippen MR) is 60.9 cm³/mol. The fraction of sp³-hybridized carbons (Fsp3) is 0. The van der Waals surface area contributed by atoms with Gasteiger partial charge in [-0.15, -0.1) is 0 Å². The number of nitriles is 1. The number of nitrogens with one attached hydrogen (secondary N) is 1. The lowest BCUT2D eigenvalue weighted by molar-refractivity contribution is 1.10. The van der Waals surface area contributed by atoms with Crippen LogP contribution in [0.25, 0.3) is 11.3 Å². The van der Waals surface area contributed by atoms with Crippen LogP contribution in [-0.2, 0) is 0 Å². The molecule has 0 aliphatic rings. The van der Waals surface area contributed by atoms with Gasteiger partial charge in [-0.1, -0.05) is 15.9 Å². The molecule has 4 nitrogen and oxygen atoms in total. The van der Waals surface area contributed by atoms with E-state index in [-0.39, 0.29) is 0 Å². The Labute approximate surface area is 94.9 Å². The molecular formula is C10H7BrN4. The molecule has 0 spiro atoms. The highest BCUT2D eigenvalue weighted by Gasteiger charge is 2.06. The lowest BCUT2D eigenvalue weighted by atomic mass is 10.1. The zero-order valence-electron chi connectivity index (χ0n) is 7.66. The van der Waals surface area contributed by atoms with Gasteiger partial charge in [0.1, 0.15) is 5.82 Å². The van der Waals surface area contributed by atoms with Gasteiger partial charge in [0.05, 0.1) is 17.3 Å². The van der Waals surface area contributed by atoms with Crippen molar-refractivity contribution in [1.82, 2.24) is 10.2 Å². The standard InChI is InChI=1S/C10H7BrN4/c11-8-2-1-6(5-12)3-7(8)9-4-10(13)15-14-9/h1-4H,(H3,13,14,15). The predicted octanol–water partition coefficient (Wildman–Crippen LogP) is 2.29. The molecule has 0 aliphatic heterocycles. The van der Waals surface area contributed by atoms with Crippen molar-refractivity contribution < 1.29 is 0 Å². The van der Waals surface area contributed by atoms with Crippen LogP contribution < -0.4 is 5.73 Å². The molecule has 3 N–H and O–H groups in total. The van der Waals surface area contributed by atoms with Crippen molar-refractivity contribution in [2.24, 2.45) is 0 Å². The molecule has 1 aromatic heterocycles. The van der Waals surface area contributed by atoms with Gasteiger partial charge in [0.2, 0.25) is 0 Å². The first kappa shape index (κ1) is 9.74. The molecule has 2 rings (SSSR count). The van der Waals surface area contributed by atoms with Crippen molar-refractivity contribution in [1.29, 1.82) is 5.26 Å². The van der Waals surface area contributed by atoms with E-state index in [4.69, 9.17) is 11.0 Å². The topological polar surface area (TPSA) is 78.5 Å². The molecular weight excluding hydrogens is 256 g/mol. The number of H-pyrrole nitrogens is 1. The number of aromatic amines is 1. The van der Waals surface area contributed by atoms with Crippen LogP contribution in [0.2, 0.25) is 0 Å². The zero-order valence-corrected chi connectivity index (χ0v) is 9.25. The number of nitrogens with zero attached hydrogens (tertiary/aromatic N) is 2. The number of anilines is 1. The summed E-state index contributed by atoms with van der Waals surface area (Å²) in [6.45, 7) is 0. The summed E-state index contributed by atoms with van der Waals surface area (Å²) in [7, 11) is 0. The summed E-state index contributed by atoms with van der Waals surface area (Å²) >= 11 is 3.41. The minimum absolute atomic E-state index is 0.430. The van der Waals surface area contributed by atoms with E-state index < -0.39 is 0 Å². The van der Waals surface area contributed by atoms with E-state index in [9.17, 15) is 0 Å². The lowest BCUT2D eigenvalue weighted by Crippen LogP contribution is -1.82. The fourth-order valence-electron chi connectivity index (χ4n) is 1.28. The van der Waals surface area contributed by atoms with Crippen molar-refractivity contribution >= 4 is 21.7 Å². The Kier molecular flexibility index (Phi) is 2.44. The third kappa shape index (κ3) is 1.85. The van der Waals surface area contributed by atoms with Gasteiger partial charge in [0.25, 0.3) is 0 Å². The van der Waals surface area contributed by atoms with Gasteiger partial charge in [0, 0.05) is 16.1 Å². The van der Waals surface area contributed by atoms with Crippen molar-refractivity contribution in [3.8, 4) is 17.3 Å². The largest absolute Gasteiger partial charge is 0.382 e. The van der Waals surface area contributed by atoms with Crippen molar-refractivity contribution in [2.45, 2.75) is 0 Å². The number of nitrogen functional groups attached to an aromatic ring is 1. The minimum atomic E-state index is 0.430. The summed E-state index contributed by atoms with van der Waals surface area (Å²) in [4.78, 5) is 0.